The van der Waals surface area contributed by atoms with Gasteiger partial charge in [-0.15, -0.1) is 0 Å². The molecule has 92 valence electrons. The lowest BCUT2D eigenvalue weighted by Gasteiger charge is -2.12. The van der Waals surface area contributed by atoms with E-state index in [0.717, 1.165) is 19.4 Å². The number of ether oxygens (including phenoxy) is 1. The van der Waals surface area contributed by atoms with Crippen molar-refractivity contribution in [2.24, 2.45) is 10.9 Å². The van der Waals surface area contributed by atoms with E-state index in [-0.39, 0.29) is 23.1 Å². The molecule has 1 unspecified atom stereocenters. The molecule has 6 nitrogen and oxygen atoms in total. The van der Waals surface area contributed by atoms with E-state index >= 15 is 0 Å². The van der Waals surface area contributed by atoms with Crippen LogP contribution in [0.3, 0.4) is 0 Å². The molecule has 0 aromatic carbocycles. The van der Waals surface area contributed by atoms with Gasteiger partial charge >= 0.3 is 0 Å². The minimum absolute atomic E-state index is 0.0789. The fourth-order valence-corrected chi connectivity index (χ4v) is 1.94. The summed E-state index contributed by atoms with van der Waals surface area (Å²) in [6.07, 6.45) is 3.74. The van der Waals surface area contributed by atoms with Crippen LogP contribution < -0.4 is 11.3 Å². The van der Waals surface area contributed by atoms with Crippen molar-refractivity contribution in [1.29, 1.82) is 0 Å². The second-order valence-electron chi connectivity index (χ2n) is 4.00. The van der Waals surface area contributed by atoms with Gasteiger partial charge in [0.05, 0.1) is 18.2 Å². The van der Waals surface area contributed by atoms with Gasteiger partial charge in [0.15, 0.2) is 5.84 Å². The van der Waals surface area contributed by atoms with Crippen LogP contribution in [0.1, 0.15) is 18.4 Å². The highest BCUT2D eigenvalue weighted by Gasteiger charge is 2.17. The van der Waals surface area contributed by atoms with Crippen molar-refractivity contribution in [1.82, 2.24) is 4.57 Å². The highest BCUT2D eigenvalue weighted by Crippen LogP contribution is 2.13. The molecule has 1 aromatic rings. The lowest BCUT2D eigenvalue weighted by atomic mass is 10.2. The molecule has 1 aliphatic rings. The van der Waals surface area contributed by atoms with Crippen LogP contribution in [0.5, 0.6) is 0 Å². The fraction of sp³-hybridized carbons (Fsp3) is 0.455. The maximum Gasteiger partial charge on any atom is 0.261 e. The van der Waals surface area contributed by atoms with Gasteiger partial charge < -0.3 is 20.2 Å². The first kappa shape index (κ1) is 11.7. The normalized spacial score (nSPS) is 20.7. The highest BCUT2D eigenvalue weighted by molar-refractivity contribution is 5.96. The molecule has 1 aromatic heterocycles. The van der Waals surface area contributed by atoms with Crippen LogP contribution in [0, 0.1) is 0 Å². The number of pyridine rings is 1. The maximum absolute atomic E-state index is 12.0. The third kappa shape index (κ3) is 2.47. The van der Waals surface area contributed by atoms with Crippen molar-refractivity contribution < 1.29 is 9.94 Å². The standard InChI is InChI=1S/C11H15N3O3/c12-10(13-16)9-4-1-5-14(11(9)15)7-8-3-2-6-17-8/h1,4-5,8,16H,2-3,6-7H2,(H2,12,13). The first-order chi connectivity index (χ1) is 8.22. The van der Waals surface area contributed by atoms with Crippen molar-refractivity contribution in [3.8, 4) is 0 Å². The Labute approximate surface area is 98.3 Å². The predicted molar refractivity (Wildman–Crippen MR) is 62.2 cm³/mol. The molecule has 0 amide bonds. The first-order valence-electron chi connectivity index (χ1n) is 5.51. The van der Waals surface area contributed by atoms with E-state index in [0.29, 0.717) is 6.54 Å². The van der Waals surface area contributed by atoms with Crippen LogP contribution in [0.15, 0.2) is 28.3 Å². The molecular weight excluding hydrogens is 222 g/mol. The monoisotopic (exact) mass is 237 g/mol. The molecule has 0 aliphatic carbocycles. The Kier molecular flexibility index (Phi) is 3.43. The van der Waals surface area contributed by atoms with E-state index in [1.165, 1.54) is 10.6 Å². The van der Waals surface area contributed by atoms with Crippen LogP contribution in [0.4, 0.5) is 0 Å². The van der Waals surface area contributed by atoms with E-state index in [4.69, 9.17) is 15.7 Å². The van der Waals surface area contributed by atoms with Crippen LogP contribution in [0.2, 0.25) is 0 Å². The Morgan fingerprint density at radius 2 is 2.53 bits per heavy atom. The van der Waals surface area contributed by atoms with Crippen LogP contribution in [-0.4, -0.2) is 28.3 Å². The molecule has 6 heteroatoms. The Hall–Kier alpha value is -1.82. The topological polar surface area (TPSA) is 89.8 Å². The number of nitrogens with two attached hydrogens (primary N) is 1. The second kappa shape index (κ2) is 5.01. The molecule has 1 fully saturated rings. The largest absolute Gasteiger partial charge is 0.409 e. The van der Waals surface area contributed by atoms with E-state index in [1.54, 1.807) is 12.3 Å². The molecule has 0 saturated carbocycles. The van der Waals surface area contributed by atoms with Gasteiger partial charge in [-0.25, -0.2) is 0 Å². The molecule has 1 atom stereocenters. The molecule has 2 rings (SSSR count). The van der Waals surface area contributed by atoms with Crippen molar-refractivity contribution >= 4 is 5.84 Å². The van der Waals surface area contributed by atoms with Gasteiger partial charge in [-0.1, -0.05) is 5.16 Å². The van der Waals surface area contributed by atoms with Crippen molar-refractivity contribution in [2.75, 3.05) is 6.61 Å². The number of aromatic nitrogens is 1. The molecule has 1 aliphatic heterocycles. The summed E-state index contributed by atoms with van der Waals surface area (Å²) < 4.78 is 7.00. The average molecular weight is 237 g/mol. The Morgan fingerprint density at radius 3 is 3.18 bits per heavy atom. The molecule has 2 heterocycles. The number of amidine groups is 1. The smallest absolute Gasteiger partial charge is 0.261 e. The molecule has 0 bridgehead atoms. The lowest BCUT2D eigenvalue weighted by molar-refractivity contribution is 0.0961. The number of rotatable bonds is 3. The average Bonchev–Trinajstić information content (AvgIpc) is 2.84. The Bertz CT molecular complexity index is 475. The molecule has 17 heavy (non-hydrogen) atoms. The number of hydrogen-bond acceptors (Lipinski definition) is 4. The van der Waals surface area contributed by atoms with Crippen molar-refractivity contribution in [2.45, 2.75) is 25.5 Å². The number of hydrogen-bond donors (Lipinski definition) is 2. The Morgan fingerprint density at radius 1 is 1.71 bits per heavy atom. The quantitative estimate of drug-likeness (QED) is 0.338. The zero-order chi connectivity index (χ0) is 12.3. The summed E-state index contributed by atoms with van der Waals surface area (Å²) in [5, 5.41) is 11.4. The number of nitrogens with zero attached hydrogens (tertiary/aromatic N) is 2. The van der Waals surface area contributed by atoms with Gasteiger partial charge in [0, 0.05) is 12.8 Å². The van der Waals surface area contributed by atoms with E-state index in [2.05, 4.69) is 5.16 Å². The molecule has 0 radical (unpaired) electrons. The minimum atomic E-state index is -0.265. The minimum Gasteiger partial charge on any atom is -0.409 e. The van der Waals surface area contributed by atoms with E-state index in [1.807, 2.05) is 0 Å². The summed E-state index contributed by atoms with van der Waals surface area (Å²) in [6, 6.07) is 3.23. The van der Waals surface area contributed by atoms with Gasteiger partial charge in [-0.05, 0) is 25.0 Å². The molecule has 3 N–H and O–H groups in total. The van der Waals surface area contributed by atoms with Gasteiger partial charge in [-0.2, -0.15) is 0 Å². The Balaban J connectivity index is 2.26. The summed E-state index contributed by atoms with van der Waals surface area (Å²) in [7, 11) is 0. The van der Waals surface area contributed by atoms with Gasteiger partial charge in [-0.3, -0.25) is 4.79 Å². The zero-order valence-corrected chi connectivity index (χ0v) is 9.37. The van der Waals surface area contributed by atoms with Crippen molar-refractivity contribution in [3.05, 3.63) is 34.2 Å². The van der Waals surface area contributed by atoms with Gasteiger partial charge in [0.25, 0.3) is 5.56 Å². The highest BCUT2D eigenvalue weighted by atomic mass is 16.5. The van der Waals surface area contributed by atoms with Crippen molar-refractivity contribution in [3.63, 3.8) is 0 Å². The molecule has 0 spiro atoms. The SMILES string of the molecule is N/C(=N/O)c1cccn(CC2CCCO2)c1=O. The third-order valence-electron chi connectivity index (χ3n) is 2.83. The fourth-order valence-electron chi connectivity index (χ4n) is 1.94. The first-order valence-corrected chi connectivity index (χ1v) is 5.51. The molecular formula is C11H15N3O3. The molecule has 1 saturated heterocycles. The lowest BCUT2D eigenvalue weighted by Crippen LogP contribution is -2.32. The van der Waals surface area contributed by atoms with E-state index < -0.39 is 0 Å². The summed E-state index contributed by atoms with van der Waals surface area (Å²) in [5.74, 6) is -0.170. The van der Waals surface area contributed by atoms with Crippen LogP contribution >= 0.6 is 0 Å². The van der Waals surface area contributed by atoms with Gasteiger partial charge in [0.2, 0.25) is 0 Å². The number of oxime groups is 1. The second-order valence-corrected chi connectivity index (χ2v) is 4.00. The predicted octanol–water partition coefficient (Wildman–Crippen LogP) is 0.122. The van der Waals surface area contributed by atoms with E-state index in [9.17, 15) is 4.79 Å². The third-order valence-corrected chi connectivity index (χ3v) is 2.83. The van der Waals surface area contributed by atoms with Gasteiger partial charge in [0.1, 0.15) is 0 Å². The summed E-state index contributed by atoms with van der Waals surface area (Å²) in [4.78, 5) is 12.0. The zero-order valence-electron chi connectivity index (χ0n) is 9.37. The summed E-state index contributed by atoms with van der Waals surface area (Å²) in [5.41, 5.74) is 5.36. The maximum atomic E-state index is 12.0. The summed E-state index contributed by atoms with van der Waals surface area (Å²) in [6.45, 7) is 1.25. The van der Waals surface area contributed by atoms with Crippen LogP contribution in [-0.2, 0) is 11.3 Å². The van der Waals surface area contributed by atoms with Crippen LogP contribution in [0.25, 0.3) is 0 Å². The summed E-state index contributed by atoms with van der Waals surface area (Å²) >= 11 is 0.